The fraction of sp³-hybridized carbons (Fsp3) is 0.615. The Morgan fingerprint density at radius 2 is 2.06 bits per heavy atom. The summed E-state index contributed by atoms with van der Waals surface area (Å²) < 4.78 is 11.6. The van der Waals surface area contributed by atoms with Crippen molar-refractivity contribution in [2.75, 3.05) is 24.7 Å². The van der Waals surface area contributed by atoms with E-state index in [1.54, 1.807) is 0 Å². The number of hydrogen-bond acceptors (Lipinski definition) is 7. The first kappa shape index (κ1) is 24.1. The second-order valence-electron chi connectivity index (χ2n) is 10.5. The highest BCUT2D eigenvalue weighted by Crippen LogP contribution is 2.48. The third-order valence-corrected chi connectivity index (χ3v) is 9.49. The molecule has 0 bridgehead atoms. The Morgan fingerprint density at radius 3 is 2.81 bits per heavy atom. The lowest BCUT2D eigenvalue weighted by molar-refractivity contribution is -0.117. The number of benzene rings is 1. The van der Waals surface area contributed by atoms with Crippen molar-refractivity contribution < 1.29 is 19.1 Å². The summed E-state index contributed by atoms with van der Waals surface area (Å²) in [6.45, 7) is 4.28. The second kappa shape index (κ2) is 9.89. The van der Waals surface area contributed by atoms with Crippen LogP contribution in [-0.2, 0) is 9.53 Å². The van der Waals surface area contributed by atoms with Crippen molar-refractivity contribution in [3.8, 4) is 5.75 Å². The van der Waals surface area contributed by atoms with Gasteiger partial charge in [-0.15, -0.1) is 0 Å². The zero-order valence-corrected chi connectivity index (χ0v) is 21.4. The molecule has 6 rings (SSSR count). The van der Waals surface area contributed by atoms with Crippen molar-refractivity contribution in [3.05, 3.63) is 34.4 Å². The van der Waals surface area contributed by atoms with Gasteiger partial charge in [0.2, 0.25) is 0 Å². The van der Waals surface area contributed by atoms with Gasteiger partial charge in [-0.3, -0.25) is 9.69 Å². The Bertz CT molecular complexity index is 1070. The minimum absolute atomic E-state index is 0.00195. The zero-order chi connectivity index (χ0) is 24.8. The van der Waals surface area contributed by atoms with Crippen molar-refractivity contribution >= 4 is 29.4 Å². The van der Waals surface area contributed by atoms with E-state index in [2.05, 4.69) is 16.0 Å². The van der Waals surface area contributed by atoms with E-state index in [0.29, 0.717) is 4.91 Å². The summed E-state index contributed by atoms with van der Waals surface area (Å²) >= 11 is 1.53. The second-order valence-corrected chi connectivity index (χ2v) is 11.6. The lowest BCUT2D eigenvalue weighted by Gasteiger charge is -2.46. The van der Waals surface area contributed by atoms with E-state index >= 15 is 0 Å². The lowest BCUT2D eigenvalue weighted by atomic mass is 9.86. The maximum absolute atomic E-state index is 13.5. The fourth-order valence-corrected chi connectivity index (χ4v) is 7.66. The SMILES string of the molecule is Cc1cc(OC2CCOCC2)ccc1N1C(=O)NC2=C(C(=O)N[C@@H]3CCC[C@@H]3N)SC3NCCC1C23. The van der Waals surface area contributed by atoms with Crippen LogP contribution in [0.15, 0.2) is 28.8 Å². The molecule has 5 N–H and O–H groups in total. The average molecular weight is 514 g/mol. The molecule has 0 radical (unpaired) electrons. The molecule has 3 amide bonds. The summed E-state index contributed by atoms with van der Waals surface area (Å²) in [5.74, 6) is 0.730. The van der Waals surface area contributed by atoms with Gasteiger partial charge in [0, 0.05) is 42.2 Å². The number of piperidine rings is 1. The quantitative estimate of drug-likeness (QED) is 0.477. The maximum Gasteiger partial charge on any atom is 0.326 e. The van der Waals surface area contributed by atoms with Gasteiger partial charge in [-0.2, -0.15) is 0 Å². The number of nitrogens with zero attached hydrogens (tertiary/aromatic N) is 1. The van der Waals surface area contributed by atoms with Crippen molar-refractivity contribution in [2.45, 2.75) is 75.1 Å². The maximum atomic E-state index is 13.5. The Hall–Kier alpha value is -2.27. The Morgan fingerprint density at radius 1 is 1.22 bits per heavy atom. The normalized spacial score (nSPS) is 32.3. The molecular weight excluding hydrogens is 478 g/mol. The number of thioether (sulfide) groups is 1. The molecule has 194 valence electrons. The van der Waals surface area contributed by atoms with Crippen LogP contribution in [0.5, 0.6) is 5.75 Å². The summed E-state index contributed by atoms with van der Waals surface area (Å²) in [6.07, 6.45) is 5.64. The van der Waals surface area contributed by atoms with Crippen LogP contribution in [-0.4, -0.2) is 61.3 Å². The van der Waals surface area contributed by atoms with Gasteiger partial charge in [0.25, 0.3) is 5.91 Å². The molecule has 1 aromatic rings. The third kappa shape index (κ3) is 4.38. The first-order valence-corrected chi connectivity index (χ1v) is 14.0. The fourth-order valence-electron chi connectivity index (χ4n) is 6.26. The third-order valence-electron chi connectivity index (χ3n) is 8.13. The Labute approximate surface area is 215 Å². The summed E-state index contributed by atoms with van der Waals surface area (Å²) in [5.41, 5.74) is 8.82. The molecule has 0 aromatic heterocycles. The minimum atomic E-state index is -0.182. The van der Waals surface area contributed by atoms with Crippen molar-refractivity contribution in [1.29, 1.82) is 0 Å². The van der Waals surface area contributed by atoms with E-state index in [1.807, 2.05) is 30.0 Å². The molecule has 5 aliphatic rings. The number of carbonyl (C=O) groups is 2. The molecule has 36 heavy (non-hydrogen) atoms. The molecule has 3 saturated heterocycles. The molecule has 1 saturated carbocycles. The molecule has 9 nitrogen and oxygen atoms in total. The predicted molar refractivity (Wildman–Crippen MR) is 139 cm³/mol. The van der Waals surface area contributed by atoms with E-state index in [0.717, 1.165) is 81.0 Å². The van der Waals surface area contributed by atoms with Gasteiger partial charge in [0.1, 0.15) is 11.9 Å². The standard InChI is InChI=1S/C26H35N5O4S/c1-14-13-16(35-15-8-11-34-12-9-15)5-6-19(14)31-20-7-10-28-25-21(20)22(30-26(31)33)23(36-25)24(32)29-18-4-2-3-17(18)27/h5-6,13,15,17-18,20-21,25,28H,2-4,7-12,27H2,1H3,(H,29,32)(H,30,33)/t17-,18+,20?,21?,25?/m0/s1. The summed E-state index contributed by atoms with van der Waals surface area (Å²) in [5, 5.41) is 9.85. The number of amides is 3. The van der Waals surface area contributed by atoms with Crippen molar-refractivity contribution in [3.63, 3.8) is 0 Å². The van der Waals surface area contributed by atoms with Crippen LogP contribution in [0.25, 0.3) is 0 Å². The molecule has 4 aliphatic heterocycles. The highest BCUT2D eigenvalue weighted by atomic mass is 32.2. The molecule has 1 aromatic carbocycles. The summed E-state index contributed by atoms with van der Waals surface area (Å²) in [4.78, 5) is 29.3. The highest BCUT2D eigenvalue weighted by Gasteiger charge is 2.52. The van der Waals surface area contributed by atoms with E-state index in [9.17, 15) is 9.59 Å². The molecule has 4 fully saturated rings. The van der Waals surface area contributed by atoms with Crippen LogP contribution in [0.1, 0.15) is 44.1 Å². The minimum Gasteiger partial charge on any atom is -0.490 e. The first-order chi connectivity index (χ1) is 17.5. The Kier molecular flexibility index (Phi) is 6.62. The monoisotopic (exact) mass is 513 g/mol. The topological polar surface area (TPSA) is 118 Å². The molecular formula is C26H35N5O4S. The van der Waals surface area contributed by atoms with E-state index in [4.69, 9.17) is 15.2 Å². The number of nitrogens with two attached hydrogens (primary N) is 1. The Balaban J connectivity index is 1.24. The van der Waals surface area contributed by atoms with Crippen molar-refractivity contribution in [1.82, 2.24) is 16.0 Å². The first-order valence-electron chi connectivity index (χ1n) is 13.2. The van der Waals surface area contributed by atoms with Gasteiger partial charge < -0.3 is 31.2 Å². The number of carbonyl (C=O) groups excluding carboxylic acids is 2. The van der Waals surface area contributed by atoms with Gasteiger partial charge in [-0.25, -0.2) is 4.79 Å². The number of ether oxygens (including phenoxy) is 2. The van der Waals surface area contributed by atoms with Crippen LogP contribution in [0.4, 0.5) is 10.5 Å². The number of nitrogens with one attached hydrogen (secondary N) is 3. The molecule has 4 heterocycles. The van der Waals surface area contributed by atoms with Gasteiger partial charge in [0.15, 0.2) is 0 Å². The zero-order valence-electron chi connectivity index (χ0n) is 20.6. The predicted octanol–water partition coefficient (Wildman–Crippen LogP) is 2.34. The summed E-state index contributed by atoms with van der Waals surface area (Å²) in [6, 6.07) is 5.77. The largest absolute Gasteiger partial charge is 0.490 e. The molecule has 0 spiro atoms. The average Bonchev–Trinajstić information content (AvgIpc) is 3.45. The van der Waals surface area contributed by atoms with Crippen LogP contribution in [0.2, 0.25) is 0 Å². The number of rotatable bonds is 5. The number of urea groups is 1. The molecule has 10 heteroatoms. The van der Waals surface area contributed by atoms with Crippen LogP contribution < -0.4 is 31.3 Å². The van der Waals surface area contributed by atoms with E-state index in [1.165, 1.54) is 11.8 Å². The molecule has 1 aliphatic carbocycles. The summed E-state index contributed by atoms with van der Waals surface area (Å²) in [7, 11) is 0. The van der Waals surface area contributed by atoms with Crippen LogP contribution in [0.3, 0.4) is 0 Å². The van der Waals surface area contributed by atoms with Gasteiger partial charge >= 0.3 is 6.03 Å². The van der Waals surface area contributed by atoms with Crippen LogP contribution in [0, 0.1) is 12.8 Å². The van der Waals surface area contributed by atoms with Gasteiger partial charge in [-0.05, 0) is 62.9 Å². The molecule has 3 unspecified atom stereocenters. The number of anilines is 1. The lowest BCUT2D eigenvalue weighted by Crippen LogP contribution is -2.62. The van der Waals surface area contributed by atoms with Gasteiger partial charge in [-0.1, -0.05) is 11.8 Å². The van der Waals surface area contributed by atoms with E-state index < -0.39 is 0 Å². The molecule has 5 atom stereocenters. The van der Waals surface area contributed by atoms with Crippen molar-refractivity contribution in [2.24, 2.45) is 11.7 Å². The highest BCUT2D eigenvalue weighted by molar-refractivity contribution is 8.04. The van der Waals surface area contributed by atoms with Gasteiger partial charge in [0.05, 0.1) is 29.5 Å². The van der Waals surface area contributed by atoms with E-state index in [-0.39, 0.29) is 47.5 Å². The van der Waals surface area contributed by atoms with Crippen LogP contribution >= 0.6 is 11.8 Å². The smallest absolute Gasteiger partial charge is 0.326 e. The number of hydrogen-bond donors (Lipinski definition) is 4. The number of aryl methyl sites for hydroxylation is 1.